The maximum Gasteiger partial charge on any atom is 0.192 e. The first-order chi connectivity index (χ1) is 12.8. The fourth-order valence-electron chi connectivity index (χ4n) is 3.38. The Balaban J connectivity index is 1.45. The van der Waals surface area contributed by atoms with Crippen LogP contribution in [-0.2, 0) is 24.3 Å². The second kappa shape index (κ2) is 6.44. The standard InChI is InChI=1S/C18H17N5OS2/c1-11(13-7-4-8-25-13)22-24-9-15-20-17-16-12-5-2-3-6-14(12)26-18(16)19-10-23(17)21-15/h4,7-8,10H,2-3,5-6,9H2,1H3/b22-11+. The predicted molar refractivity (Wildman–Crippen MR) is 104 cm³/mol. The van der Waals surface area contributed by atoms with Crippen LogP contribution in [0.4, 0.5) is 0 Å². The molecule has 0 fully saturated rings. The third-order valence-electron chi connectivity index (χ3n) is 4.61. The lowest BCUT2D eigenvalue weighted by molar-refractivity contribution is 0.125. The van der Waals surface area contributed by atoms with E-state index in [9.17, 15) is 0 Å². The van der Waals surface area contributed by atoms with Crippen LogP contribution in [0.15, 0.2) is 29.0 Å². The van der Waals surface area contributed by atoms with E-state index in [1.807, 2.05) is 24.4 Å². The highest BCUT2D eigenvalue weighted by Crippen LogP contribution is 2.36. The highest BCUT2D eigenvalue weighted by Gasteiger charge is 2.20. The molecule has 0 N–H and O–H groups in total. The molecule has 0 saturated heterocycles. The Bertz CT molecular complexity index is 1110. The van der Waals surface area contributed by atoms with Gasteiger partial charge in [0.1, 0.15) is 11.2 Å². The van der Waals surface area contributed by atoms with Crippen LogP contribution in [0.5, 0.6) is 0 Å². The smallest absolute Gasteiger partial charge is 0.192 e. The molecular weight excluding hydrogens is 366 g/mol. The molecule has 8 heteroatoms. The van der Waals surface area contributed by atoms with Crippen molar-refractivity contribution in [3.8, 4) is 0 Å². The normalized spacial score (nSPS) is 14.9. The molecule has 0 bridgehead atoms. The zero-order valence-corrected chi connectivity index (χ0v) is 15.9. The van der Waals surface area contributed by atoms with E-state index in [1.165, 1.54) is 28.7 Å². The van der Waals surface area contributed by atoms with E-state index in [0.717, 1.165) is 33.9 Å². The van der Waals surface area contributed by atoms with Gasteiger partial charge in [0.25, 0.3) is 0 Å². The molecule has 132 valence electrons. The van der Waals surface area contributed by atoms with Crippen LogP contribution in [0.3, 0.4) is 0 Å². The molecule has 4 aromatic heterocycles. The zero-order chi connectivity index (χ0) is 17.5. The van der Waals surface area contributed by atoms with E-state index >= 15 is 0 Å². The third-order valence-corrected chi connectivity index (χ3v) is 6.79. The second-order valence-corrected chi connectivity index (χ2v) is 8.39. The summed E-state index contributed by atoms with van der Waals surface area (Å²) in [6.07, 6.45) is 6.52. The van der Waals surface area contributed by atoms with Crippen molar-refractivity contribution in [3.05, 3.63) is 45.0 Å². The van der Waals surface area contributed by atoms with Gasteiger partial charge in [0, 0.05) is 4.88 Å². The highest BCUT2D eigenvalue weighted by molar-refractivity contribution is 7.19. The van der Waals surface area contributed by atoms with Gasteiger partial charge in [0.15, 0.2) is 18.1 Å². The Morgan fingerprint density at radius 2 is 2.27 bits per heavy atom. The monoisotopic (exact) mass is 383 g/mol. The molecule has 0 radical (unpaired) electrons. The van der Waals surface area contributed by atoms with Gasteiger partial charge in [0.05, 0.1) is 16.0 Å². The summed E-state index contributed by atoms with van der Waals surface area (Å²) in [4.78, 5) is 18.4. The Labute approximate surface area is 158 Å². The van der Waals surface area contributed by atoms with Crippen LogP contribution in [0.2, 0.25) is 0 Å². The molecule has 1 aliphatic rings. The number of aryl methyl sites for hydroxylation is 2. The fourth-order valence-corrected chi connectivity index (χ4v) is 5.27. The van der Waals surface area contributed by atoms with Gasteiger partial charge in [-0.3, -0.25) is 0 Å². The molecule has 6 nitrogen and oxygen atoms in total. The average molecular weight is 384 g/mol. The van der Waals surface area contributed by atoms with Gasteiger partial charge < -0.3 is 4.84 Å². The van der Waals surface area contributed by atoms with Gasteiger partial charge in [0.2, 0.25) is 0 Å². The summed E-state index contributed by atoms with van der Waals surface area (Å²) in [5.74, 6) is 0.623. The minimum absolute atomic E-state index is 0.248. The van der Waals surface area contributed by atoms with Gasteiger partial charge in [-0.25, -0.2) is 14.5 Å². The Morgan fingerprint density at radius 1 is 1.35 bits per heavy atom. The zero-order valence-electron chi connectivity index (χ0n) is 14.3. The van der Waals surface area contributed by atoms with E-state index in [-0.39, 0.29) is 6.61 Å². The number of aromatic nitrogens is 4. The lowest BCUT2D eigenvalue weighted by atomic mass is 9.97. The summed E-state index contributed by atoms with van der Waals surface area (Å²) < 4.78 is 1.76. The summed E-state index contributed by atoms with van der Waals surface area (Å²) in [6, 6.07) is 4.03. The highest BCUT2D eigenvalue weighted by atomic mass is 32.1. The van der Waals surface area contributed by atoms with Crippen LogP contribution < -0.4 is 0 Å². The minimum Gasteiger partial charge on any atom is -0.387 e. The maximum absolute atomic E-state index is 5.48. The van der Waals surface area contributed by atoms with Crippen molar-refractivity contribution < 1.29 is 4.84 Å². The lowest BCUT2D eigenvalue weighted by Gasteiger charge is -2.09. The molecule has 0 atom stereocenters. The summed E-state index contributed by atoms with van der Waals surface area (Å²) in [7, 11) is 0. The van der Waals surface area contributed by atoms with Crippen LogP contribution in [0.25, 0.3) is 15.9 Å². The molecule has 0 spiro atoms. The van der Waals surface area contributed by atoms with Crippen molar-refractivity contribution in [2.24, 2.45) is 5.16 Å². The first-order valence-corrected chi connectivity index (χ1v) is 10.3. The van der Waals surface area contributed by atoms with Crippen LogP contribution in [0.1, 0.15) is 40.9 Å². The van der Waals surface area contributed by atoms with E-state index in [0.29, 0.717) is 5.82 Å². The van der Waals surface area contributed by atoms with E-state index in [4.69, 9.17) is 9.82 Å². The molecule has 0 amide bonds. The summed E-state index contributed by atoms with van der Waals surface area (Å²) >= 11 is 3.44. The quantitative estimate of drug-likeness (QED) is 0.391. The van der Waals surface area contributed by atoms with Crippen LogP contribution >= 0.6 is 22.7 Å². The van der Waals surface area contributed by atoms with Crippen molar-refractivity contribution in [2.45, 2.75) is 39.2 Å². The number of rotatable bonds is 4. The molecule has 0 unspecified atom stereocenters. The van der Waals surface area contributed by atoms with Gasteiger partial charge >= 0.3 is 0 Å². The van der Waals surface area contributed by atoms with Gasteiger partial charge in [-0.05, 0) is 49.6 Å². The molecule has 4 aromatic rings. The summed E-state index contributed by atoms with van der Waals surface area (Å²) in [5, 5.41) is 11.9. The van der Waals surface area contributed by atoms with E-state index < -0.39 is 0 Å². The number of fused-ring (bicyclic) bond motifs is 5. The largest absolute Gasteiger partial charge is 0.387 e. The Hall–Kier alpha value is -2.32. The molecule has 5 rings (SSSR count). The minimum atomic E-state index is 0.248. The van der Waals surface area contributed by atoms with Crippen molar-refractivity contribution in [1.29, 1.82) is 0 Å². The molecule has 1 aliphatic carbocycles. The molecule has 0 aromatic carbocycles. The average Bonchev–Trinajstić information content (AvgIpc) is 3.38. The van der Waals surface area contributed by atoms with Crippen molar-refractivity contribution in [2.75, 3.05) is 0 Å². The number of nitrogens with zero attached hydrogens (tertiary/aromatic N) is 5. The second-order valence-electron chi connectivity index (χ2n) is 6.36. The number of thiophene rings is 2. The van der Waals surface area contributed by atoms with E-state index in [2.05, 4.69) is 15.2 Å². The van der Waals surface area contributed by atoms with Crippen molar-refractivity contribution >= 4 is 44.2 Å². The van der Waals surface area contributed by atoms with Gasteiger partial charge in [-0.1, -0.05) is 11.2 Å². The van der Waals surface area contributed by atoms with Gasteiger partial charge in [-0.15, -0.1) is 27.8 Å². The SMILES string of the molecule is C/C(=N\OCc1nc2c3c4c(sc3ncn2n1)CCCC4)c1cccs1. The first-order valence-electron chi connectivity index (χ1n) is 8.64. The Kier molecular flexibility index (Phi) is 3.94. The molecule has 4 heterocycles. The molecule has 0 saturated carbocycles. The van der Waals surface area contributed by atoms with Crippen molar-refractivity contribution in [1.82, 2.24) is 19.6 Å². The molecule has 26 heavy (non-hydrogen) atoms. The lowest BCUT2D eigenvalue weighted by Crippen LogP contribution is -1.99. The Morgan fingerprint density at radius 3 is 3.15 bits per heavy atom. The molecule has 0 aliphatic heterocycles. The summed E-state index contributed by atoms with van der Waals surface area (Å²) in [6.45, 7) is 2.19. The fraction of sp³-hybridized carbons (Fsp3) is 0.333. The topological polar surface area (TPSA) is 64.7 Å². The maximum atomic E-state index is 5.48. The van der Waals surface area contributed by atoms with Gasteiger partial charge in [-0.2, -0.15) is 0 Å². The summed E-state index contributed by atoms with van der Waals surface area (Å²) in [5.41, 5.74) is 3.16. The number of oxime groups is 1. The molecular formula is C18H17N5OS2. The van der Waals surface area contributed by atoms with E-state index in [1.54, 1.807) is 33.5 Å². The third kappa shape index (κ3) is 2.69. The van der Waals surface area contributed by atoms with Crippen LogP contribution in [0, 0.1) is 0 Å². The predicted octanol–water partition coefficient (Wildman–Crippen LogP) is 4.22. The van der Waals surface area contributed by atoms with Crippen molar-refractivity contribution in [3.63, 3.8) is 0 Å². The number of hydrogen-bond donors (Lipinski definition) is 0. The first kappa shape index (κ1) is 15.9. The van der Waals surface area contributed by atoms with Crippen LogP contribution in [-0.4, -0.2) is 25.3 Å². The number of hydrogen-bond acceptors (Lipinski definition) is 7.